The summed E-state index contributed by atoms with van der Waals surface area (Å²) in [7, 11) is -2.99. The minimum absolute atomic E-state index is 0.340. The fourth-order valence-corrected chi connectivity index (χ4v) is 3.57. The van der Waals surface area contributed by atoms with Crippen LogP contribution in [0.1, 0.15) is 45.4 Å². The van der Waals surface area contributed by atoms with Crippen LogP contribution in [0, 0.1) is 5.92 Å². The fourth-order valence-electron chi connectivity index (χ4n) is 1.98. The Labute approximate surface area is 87.3 Å². The highest BCUT2D eigenvalue weighted by Crippen LogP contribution is 2.24. The average Bonchev–Trinajstić information content (AvgIpc) is 2.16. The Morgan fingerprint density at radius 2 is 1.86 bits per heavy atom. The van der Waals surface area contributed by atoms with Gasteiger partial charge in [-0.1, -0.05) is 26.2 Å². The first-order chi connectivity index (χ1) is 6.64. The number of nitrogens with one attached hydrogen (secondary N) is 1. The van der Waals surface area contributed by atoms with Crippen molar-refractivity contribution in [3.05, 3.63) is 0 Å². The number of rotatable bonds is 5. The van der Waals surface area contributed by atoms with Crippen LogP contribution in [0.15, 0.2) is 0 Å². The summed E-state index contributed by atoms with van der Waals surface area (Å²) in [5.74, 6) is 0.741. The zero-order valence-electron chi connectivity index (χ0n) is 8.96. The second kappa shape index (κ2) is 5.71. The van der Waals surface area contributed by atoms with E-state index in [9.17, 15) is 8.42 Å². The van der Waals surface area contributed by atoms with Gasteiger partial charge in [0.05, 0.1) is 5.75 Å². The van der Waals surface area contributed by atoms with E-state index in [1.165, 1.54) is 19.3 Å². The van der Waals surface area contributed by atoms with Crippen LogP contribution >= 0.6 is 0 Å². The van der Waals surface area contributed by atoms with Crippen LogP contribution in [0.25, 0.3) is 0 Å². The molecule has 4 heteroatoms. The van der Waals surface area contributed by atoms with Crippen molar-refractivity contribution < 1.29 is 8.42 Å². The molecule has 0 saturated heterocycles. The predicted molar refractivity (Wildman–Crippen MR) is 58.7 cm³/mol. The van der Waals surface area contributed by atoms with Crippen LogP contribution in [0.5, 0.6) is 0 Å². The third-order valence-electron chi connectivity index (χ3n) is 2.75. The van der Waals surface area contributed by atoms with E-state index in [0.717, 1.165) is 19.3 Å². The fraction of sp³-hybridized carbons (Fsp3) is 1.00. The lowest BCUT2D eigenvalue weighted by molar-refractivity contribution is 0.384. The molecule has 1 aliphatic carbocycles. The molecule has 1 aliphatic rings. The monoisotopic (exact) mass is 219 g/mol. The molecule has 0 amide bonds. The molecule has 0 aromatic rings. The van der Waals surface area contributed by atoms with Crippen LogP contribution in [0.2, 0.25) is 0 Å². The molecule has 1 N–H and O–H groups in total. The molecule has 1 saturated carbocycles. The van der Waals surface area contributed by atoms with Gasteiger partial charge in [0.2, 0.25) is 10.0 Å². The van der Waals surface area contributed by atoms with E-state index in [4.69, 9.17) is 0 Å². The van der Waals surface area contributed by atoms with Crippen molar-refractivity contribution in [3.63, 3.8) is 0 Å². The quantitative estimate of drug-likeness (QED) is 0.767. The van der Waals surface area contributed by atoms with Crippen molar-refractivity contribution in [1.82, 2.24) is 4.72 Å². The first-order valence-corrected chi connectivity index (χ1v) is 7.26. The van der Waals surface area contributed by atoms with Gasteiger partial charge in [0.25, 0.3) is 0 Å². The summed E-state index contributed by atoms with van der Waals surface area (Å²) >= 11 is 0. The zero-order chi connectivity index (χ0) is 10.4. The second-order valence-corrected chi connectivity index (χ2v) is 6.03. The molecule has 0 spiro atoms. The standard InChI is InChI=1S/C10H21NO2S/c1-2-8-11-14(12,13)9-10-6-4-3-5-7-10/h10-11H,2-9H2,1H3. The summed E-state index contributed by atoms with van der Waals surface area (Å²) in [5.41, 5.74) is 0. The topological polar surface area (TPSA) is 46.2 Å². The summed E-state index contributed by atoms with van der Waals surface area (Å²) in [4.78, 5) is 0. The van der Waals surface area contributed by atoms with E-state index in [-0.39, 0.29) is 0 Å². The highest BCUT2D eigenvalue weighted by Gasteiger charge is 2.20. The van der Waals surface area contributed by atoms with Gasteiger partial charge < -0.3 is 0 Å². The molecular formula is C10H21NO2S. The number of hydrogen-bond donors (Lipinski definition) is 1. The Morgan fingerprint density at radius 1 is 1.21 bits per heavy atom. The van der Waals surface area contributed by atoms with Crippen LogP contribution < -0.4 is 4.72 Å². The number of sulfonamides is 1. The largest absolute Gasteiger partial charge is 0.215 e. The van der Waals surface area contributed by atoms with Crippen molar-refractivity contribution in [2.45, 2.75) is 45.4 Å². The van der Waals surface area contributed by atoms with Crippen molar-refractivity contribution >= 4 is 10.0 Å². The molecule has 0 heterocycles. The third-order valence-corrected chi connectivity index (χ3v) is 4.31. The van der Waals surface area contributed by atoms with Gasteiger partial charge in [-0.2, -0.15) is 0 Å². The van der Waals surface area contributed by atoms with Gasteiger partial charge in [0.15, 0.2) is 0 Å². The maximum absolute atomic E-state index is 11.5. The van der Waals surface area contributed by atoms with E-state index in [1.54, 1.807) is 0 Å². The summed E-state index contributed by atoms with van der Waals surface area (Å²) in [6, 6.07) is 0. The molecule has 0 aromatic carbocycles. The van der Waals surface area contributed by atoms with Gasteiger partial charge in [-0.15, -0.1) is 0 Å². The van der Waals surface area contributed by atoms with Crippen LogP contribution in [0.3, 0.4) is 0 Å². The summed E-state index contributed by atoms with van der Waals surface area (Å²) in [5, 5.41) is 0. The molecule has 1 rings (SSSR count). The third kappa shape index (κ3) is 4.42. The summed E-state index contributed by atoms with van der Waals surface area (Å²) in [6.45, 7) is 2.55. The Kier molecular flexibility index (Phi) is 4.89. The molecular weight excluding hydrogens is 198 g/mol. The molecule has 0 aromatic heterocycles. The van der Waals surface area contributed by atoms with Crippen molar-refractivity contribution in [3.8, 4) is 0 Å². The van der Waals surface area contributed by atoms with E-state index in [2.05, 4.69) is 4.72 Å². The Hall–Kier alpha value is -0.0900. The molecule has 0 unspecified atom stereocenters. The van der Waals surface area contributed by atoms with Gasteiger partial charge in [-0.25, -0.2) is 13.1 Å². The maximum atomic E-state index is 11.5. The van der Waals surface area contributed by atoms with Gasteiger partial charge >= 0.3 is 0 Å². The molecule has 84 valence electrons. The first-order valence-electron chi connectivity index (χ1n) is 5.61. The predicted octanol–water partition coefficient (Wildman–Crippen LogP) is 1.90. The highest BCUT2D eigenvalue weighted by molar-refractivity contribution is 7.89. The normalized spacial score (nSPS) is 19.8. The van der Waals surface area contributed by atoms with E-state index >= 15 is 0 Å². The van der Waals surface area contributed by atoms with E-state index in [0.29, 0.717) is 18.2 Å². The Morgan fingerprint density at radius 3 is 2.43 bits per heavy atom. The molecule has 0 atom stereocenters. The van der Waals surface area contributed by atoms with Crippen molar-refractivity contribution in [2.24, 2.45) is 5.92 Å². The molecule has 3 nitrogen and oxygen atoms in total. The zero-order valence-corrected chi connectivity index (χ0v) is 9.78. The van der Waals surface area contributed by atoms with Crippen molar-refractivity contribution in [1.29, 1.82) is 0 Å². The van der Waals surface area contributed by atoms with Gasteiger partial charge in [0.1, 0.15) is 0 Å². The number of hydrogen-bond acceptors (Lipinski definition) is 2. The Bertz CT molecular complexity index is 243. The summed E-state index contributed by atoms with van der Waals surface area (Å²) < 4.78 is 25.7. The van der Waals surface area contributed by atoms with Crippen LogP contribution in [-0.4, -0.2) is 20.7 Å². The SMILES string of the molecule is CCCNS(=O)(=O)CC1CCCCC1. The summed E-state index contributed by atoms with van der Waals surface area (Å²) in [6.07, 6.45) is 6.73. The minimum Gasteiger partial charge on any atom is -0.215 e. The molecule has 0 aliphatic heterocycles. The van der Waals surface area contributed by atoms with Gasteiger partial charge in [-0.3, -0.25) is 0 Å². The van der Waals surface area contributed by atoms with E-state index in [1.807, 2.05) is 6.92 Å². The molecule has 0 bridgehead atoms. The lowest BCUT2D eigenvalue weighted by Crippen LogP contribution is -2.31. The minimum atomic E-state index is -2.99. The first kappa shape index (κ1) is 12.0. The smallest absolute Gasteiger partial charge is 0.211 e. The van der Waals surface area contributed by atoms with Gasteiger partial charge in [-0.05, 0) is 25.2 Å². The maximum Gasteiger partial charge on any atom is 0.211 e. The van der Waals surface area contributed by atoms with Gasteiger partial charge in [0, 0.05) is 6.54 Å². The lowest BCUT2D eigenvalue weighted by atomic mass is 9.91. The lowest BCUT2D eigenvalue weighted by Gasteiger charge is -2.21. The van der Waals surface area contributed by atoms with Crippen LogP contribution in [-0.2, 0) is 10.0 Å². The highest BCUT2D eigenvalue weighted by atomic mass is 32.2. The van der Waals surface area contributed by atoms with E-state index < -0.39 is 10.0 Å². The molecule has 14 heavy (non-hydrogen) atoms. The van der Waals surface area contributed by atoms with Crippen molar-refractivity contribution in [2.75, 3.05) is 12.3 Å². The second-order valence-electron chi connectivity index (χ2n) is 4.18. The molecule has 0 radical (unpaired) electrons. The van der Waals surface area contributed by atoms with Crippen LogP contribution in [0.4, 0.5) is 0 Å². The average molecular weight is 219 g/mol. The Balaban J connectivity index is 2.33. The molecule has 1 fully saturated rings.